The molecule has 0 aliphatic heterocycles. The lowest BCUT2D eigenvalue weighted by Gasteiger charge is -2.15. The molecule has 2 amide bonds. The van der Waals surface area contributed by atoms with Gasteiger partial charge in [-0.3, -0.25) is 51.5 Å². The number of benzene rings is 4. The number of non-ortho nitro benzene ring substituents is 2. The van der Waals surface area contributed by atoms with Crippen molar-refractivity contribution in [3.8, 4) is 11.6 Å². The monoisotopic (exact) mass is 766 g/mol. The first-order chi connectivity index (χ1) is 26.0. The van der Waals surface area contributed by atoms with Gasteiger partial charge in [-0.25, -0.2) is 9.97 Å². The third kappa shape index (κ3) is 8.86. The fourth-order valence-corrected chi connectivity index (χ4v) is 5.62. The van der Waals surface area contributed by atoms with Crippen LogP contribution < -0.4 is 32.3 Å². The topological polar surface area (TPSA) is 228 Å². The second-order valence-corrected chi connectivity index (χ2v) is 12.4. The maximum Gasteiger partial charge on any atom is 0.271 e. The van der Waals surface area contributed by atoms with Crippen molar-refractivity contribution in [2.24, 2.45) is 0 Å². The van der Waals surface area contributed by atoms with Crippen LogP contribution in [0.15, 0.2) is 97.1 Å². The van der Waals surface area contributed by atoms with E-state index in [9.17, 15) is 29.8 Å². The Morgan fingerprint density at radius 2 is 0.981 bits per heavy atom. The minimum Gasteiger partial charge on any atom is -0.357 e. The Labute approximate surface area is 316 Å². The largest absolute Gasteiger partial charge is 0.357 e. The number of hydrogen-bond acceptors (Lipinski definition) is 10. The van der Waals surface area contributed by atoms with Gasteiger partial charge in [0.2, 0.25) is 0 Å². The number of fused-ring (bicyclic) bond motifs is 2. The van der Waals surface area contributed by atoms with Gasteiger partial charge in [-0.05, 0) is 47.7 Å². The number of amides is 2. The molecule has 2 aromatic heterocycles. The first-order valence-electron chi connectivity index (χ1n) is 16.1. The molecule has 0 unspecified atom stereocenters. The summed E-state index contributed by atoms with van der Waals surface area (Å²) in [6, 6.07) is 26.8. The first kappa shape index (κ1) is 36.7. The third-order valence-corrected chi connectivity index (χ3v) is 8.40. The molecule has 0 saturated carbocycles. The highest BCUT2D eigenvalue weighted by molar-refractivity contribution is 7.80. The van der Waals surface area contributed by atoms with Crippen molar-refractivity contribution in [2.75, 3.05) is 0 Å². The molecule has 0 radical (unpaired) electrons. The van der Waals surface area contributed by atoms with Crippen LogP contribution in [0.1, 0.15) is 11.1 Å². The summed E-state index contributed by atoms with van der Waals surface area (Å²) in [4.78, 5) is 58.3. The Morgan fingerprint density at radius 3 is 1.35 bits per heavy atom. The Morgan fingerprint density at radius 1 is 0.593 bits per heavy atom. The SMILES string of the molecule is O=C(Cn1c(-c2nc3ccc([N+](=O)[O-])cc3n2CC(=O)NNC(=S)NCc2ccccc2)nc2ccc([N+](=O)[O-])cc21)NNC(=S)NCc1ccccc1. The Balaban J connectivity index is 1.28. The number of nitrogens with one attached hydrogen (secondary N) is 6. The van der Waals surface area contributed by atoms with Crippen LogP contribution >= 0.6 is 24.4 Å². The fourth-order valence-electron chi connectivity index (χ4n) is 5.37. The summed E-state index contributed by atoms with van der Waals surface area (Å²) in [5.41, 5.74) is 12.7. The molecular formula is C34H30N12O6S2. The minimum absolute atomic E-state index is 0.0464. The molecule has 6 aromatic rings. The number of carbonyl (C=O) groups excluding carboxylic acids is 2. The van der Waals surface area contributed by atoms with Crippen LogP contribution in [-0.4, -0.2) is 51.0 Å². The summed E-state index contributed by atoms with van der Waals surface area (Å²) in [6.07, 6.45) is 0. The number of aromatic nitrogens is 4. The van der Waals surface area contributed by atoms with E-state index in [-0.39, 0.29) is 55.3 Å². The average Bonchev–Trinajstić information content (AvgIpc) is 3.71. The number of hydrogen-bond donors (Lipinski definition) is 6. The van der Waals surface area contributed by atoms with Gasteiger partial charge in [-0.15, -0.1) is 0 Å². The highest BCUT2D eigenvalue weighted by Crippen LogP contribution is 2.31. The standard InChI is InChI=1S/C34H30N12O6S2/c47-29(39-41-33(53)35-17-21-7-3-1-4-8-21)19-43-27-15-23(45(49)50)11-13-25(27)37-31(43)32-38-26-14-12-24(46(51)52)16-28(26)44(32)20-30(48)40-42-34(54)36-18-22-9-5-2-6-10-22/h1-16H,17-20H2,(H,39,47)(H,40,48)(H2,35,41,53)(H2,36,42,54). The Hall–Kier alpha value is -7.06. The van der Waals surface area contributed by atoms with E-state index in [0.29, 0.717) is 13.1 Å². The van der Waals surface area contributed by atoms with Gasteiger partial charge in [-0.1, -0.05) is 60.7 Å². The highest BCUT2D eigenvalue weighted by Gasteiger charge is 2.25. The molecule has 0 spiro atoms. The molecule has 54 heavy (non-hydrogen) atoms. The number of thiocarbonyl (C=S) groups is 2. The fraction of sp³-hybridized carbons (Fsp3) is 0.118. The number of rotatable bonds is 11. The maximum absolute atomic E-state index is 13.3. The summed E-state index contributed by atoms with van der Waals surface area (Å²) >= 11 is 10.6. The van der Waals surface area contributed by atoms with Crippen LogP contribution in [0, 0.1) is 20.2 Å². The molecule has 0 atom stereocenters. The van der Waals surface area contributed by atoms with Crippen LogP contribution in [0.25, 0.3) is 33.7 Å². The molecule has 6 rings (SSSR count). The van der Waals surface area contributed by atoms with E-state index < -0.39 is 34.8 Å². The zero-order valence-electron chi connectivity index (χ0n) is 28.0. The Bertz CT molecular complexity index is 2240. The molecule has 274 valence electrons. The molecule has 0 saturated heterocycles. The summed E-state index contributed by atoms with van der Waals surface area (Å²) in [7, 11) is 0. The summed E-state index contributed by atoms with van der Waals surface area (Å²) < 4.78 is 2.79. The van der Waals surface area contributed by atoms with Crippen LogP contribution in [-0.2, 0) is 35.8 Å². The molecule has 0 aliphatic carbocycles. The molecule has 0 fully saturated rings. The van der Waals surface area contributed by atoms with Gasteiger partial charge in [0.15, 0.2) is 21.9 Å². The van der Waals surface area contributed by atoms with E-state index in [1.54, 1.807) is 0 Å². The first-order valence-corrected chi connectivity index (χ1v) is 16.9. The molecule has 4 aromatic carbocycles. The van der Waals surface area contributed by atoms with Crippen molar-refractivity contribution in [1.29, 1.82) is 0 Å². The number of imidazole rings is 2. The van der Waals surface area contributed by atoms with Crippen molar-refractivity contribution in [3.63, 3.8) is 0 Å². The molecule has 0 bridgehead atoms. The molecular weight excluding hydrogens is 737 g/mol. The van der Waals surface area contributed by atoms with Crippen LogP contribution in [0.3, 0.4) is 0 Å². The lowest BCUT2D eigenvalue weighted by atomic mass is 10.2. The van der Waals surface area contributed by atoms with Crippen LogP contribution in [0.2, 0.25) is 0 Å². The third-order valence-electron chi connectivity index (χ3n) is 7.91. The number of nitrogens with zero attached hydrogens (tertiary/aromatic N) is 6. The van der Waals surface area contributed by atoms with E-state index in [4.69, 9.17) is 24.4 Å². The van der Waals surface area contributed by atoms with Crippen molar-refractivity contribution < 1.29 is 19.4 Å². The number of nitro groups is 2. The van der Waals surface area contributed by atoms with E-state index in [1.165, 1.54) is 45.5 Å². The van der Waals surface area contributed by atoms with E-state index in [1.807, 2.05) is 60.7 Å². The summed E-state index contributed by atoms with van der Waals surface area (Å²) in [6.45, 7) is -0.0640. The van der Waals surface area contributed by atoms with Crippen molar-refractivity contribution in [3.05, 3.63) is 128 Å². The smallest absolute Gasteiger partial charge is 0.271 e. The number of nitro benzene ring substituents is 2. The Kier molecular flexibility index (Phi) is 11.2. The lowest BCUT2D eigenvalue weighted by Crippen LogP contribution is -2.47. The van der Waals surface area contributed by atoms with Gasteiger partial charge >= 0.3 is 0 Å². The van der Waals surface area contributed by atoms with E-state index >= 15 is 0 Å². The van der Waals surface area contributed by atoms with E-state index in [0.717, 1.165) is 11.1 Å². The summed E-state index contributed by atoms with van der Waals surface area (Å²) in [5.74, 6) is -1.12. The van der Waals surface area contributed by atoms with Crippen LogP contribution in [0.5, 0.6) is 0 Å². The normalized spacial score (nSPS) is 10.7. The quantitative estimate of drug-likeness (QED) is 0.0632. The van der Waals surface area contributed by atoms with Gasteiger partial charge in [0.05, 0.1) is 31.9 Å². The lowest BCUT2D eigenvalue weighted by molar-refractivity contribution is -0.384. The average molecular weight is 767 g/mol. The van der Waals surface area contributed by atoms with Gasteiger partial charge in [0.25, 0.3) is 23.2 Å². The van der Waals surface area contributed by atoms with Gasteiger partial charge in [0, 0.05) is 37.4 Å². The predicted molar refractivity (Wildman–Crippen MR) is 206 cm³/mol. The van der Waals surface area contributed by atoms with Crippen molar-refractivity contribution in [2.45, 2.75) is 26.2 Å². The second kappa shape index (κ2) is 16.5. The minimum atomic E-state index is -0.609. The predicted octanol–water partition coefficient (Wildman–Crippen LogP) is 3.26. The molecule has 20 heteroatoms. The molecule has 0 aliphatic rings. The zero-order valence-corrected chi connectivity index (χ0v) is 29.6. The maximum atomic E-state index is 13.3. The highest BCUT2D eigenvalue weighted by atomic mass is 32.1. The molecule has 18 nitrogen and oxygen atoms in total. The van der Waals surface area contributed by atoms with Gasteiger partial charge in [0.1, 0.15) is 13.1 Å². The molecule has 6 N–H and O–H groups in total. The number of carbonyl (C=O) groups is 2. The number of hydrazine groups is 2. The van der Waals surface area contributed by atoms with Crippen LogP contribution in [0.4, 0.5) is 11.4 Å². The van der Waals surface area contributed by atoms with E-state index in [2.05, 4.69) is 42.3 Å². The molecule has 2 heterocycles. The van der Waals surface area contributed by atoms with Crippen molar-refractivity contribution >= 4 is 79.9 Å². The van der Waals surface area contributed by atoms with Gasteiger partial charge < -0.3 is 19.8 Å². The van der Waals surface area contributed by atoms with Crippen molar-refractivity contribution in [1.82, 2.24) is 51.4 Å². The van der Waals surface area contributed by atoms with Gasteiger partial charge in [-0.2, -0.15) is 0 Å². The summed E-state index contributed by atoms with van der Waals surface area (Å²) in [5, 5.41) is 29.7. The second-order valence-electron chi connectivity index (χ2n) is 11.6. The zero-order chi connectivity index (χ0) is 38.2.